The number of ether oxygens (including phenoxy) is 2. The topological polar surface area (TPSA) is 52.6 Å². The number of carbonyl (C=O) groups excluding carboxylic acids is 2. The lowest BCUT2D eigenvalue weighted by molar-refractivity contribution is -0.144. The smallest absolute Gasteiger partial charge is 0.335 e. The van der Waals surface area contributed by atoms with Crippen LogP contribution in [0.3, 0.4) is 0 Å². The van der Waals surface area contributed by atoms with E-state index in [-0.39, 0.29) is 12.0 Å². The fraction of sp³-hybridized carbons (Fsp3) is 0.333. The van der Waals surface area contributed by atoms with Crippen molar-refractivity contribution >= 4 is 11.9 Å². The van der Waals surface area contributed by atoms with Crippen molar-refractivity contribution in [3.05, 3.63) is 55.1 Å². The van der Waals surface area contributed by atoms with Crippen LogP contribution in [0.5, 0.6) is 5.75 Å². The summed E-state index contributed by atoms with van der Waals surface area (Å²) in [6.07, 6.45) is 7.92. The molecule has 4 nitrogen and oxygen atoms in total. The van der Waals surface area contributed by atoms with Gasteiger partial charge in [-0.05, 0) is 43.7 Å². The number of esters is 2. The van der Waals surface area contributed by atoms with Gasteiger partial charge in [-0.25, -0.2) is 9.59 Å². The van der Waals surface area contributed by atoms with Gasteiger partial charge in [-0.15, -0.1) is 0 Å². The van der Waals surface area contributed by atoms with E-state index < -0.39 is 11.9 Å². The second-order valence-corrected chi connectivity index (χ2v) is 5.28. The SMILES string of the molecule is C=CC(=O)OC1CCCC(/C=C/C(=O)Oc2ccccc2)C1. The van der Waals surface area contributed by atoms with E-state index in [9.17, 15) is 9.59 Å². The van der Waals surface area contributed by atoms with E-state index in [1.807, 2.05) is 24.3 Å². The summed E-state index contributed by atoms with van der Waals surface area (Å²) >= 11 is 0. The van der Waals surface area contributed by atoms with Gasteiger partial charge in [0.15, 0.2) is 0 Å². The molecule has 0 saturated heterocycles. The second kappa shape index (κ2) is 8.17. The van der Waals surface area contributed by atoms with Crippen molar-refractivity contribution in [2.75, 3.05) is 0 Å². The summed E-state index contributed by atoms with van der Waals surface area (Å²) in [5.74, 6) is -0.0344. The minimum absolute atomic E-state index is 0.0981. The standard InChI is InChI=1S/C18H20O4/c1-2-17(19)22-16-10-6-7-14(13-16)11-12-18(20)21-15-8-4-3-5-9-15/h2-5,8-9,11-12,14,16H,1,6-7,10,13H2/b12-11+. The Balaban J connectivity index is 1.82. The molecule has 22 heavy (non-hydrogen) atoms. The molecule has 4 heteroatoms. The minimum atomic E-state index is -0.392. The Morgan fingerprint density at radius 3 is 2.64 bits per heavy atom. The van der Waals surface area contributed by atoms with Crippen LogP contribution in [0.15, 0.2) is 55.1 Å². The highest BCUT2D eigenvalue weighted by molar-refractivity contribution is 5.84. The molecule has 1 saturated carbocycles. The summed E-state index contributed by atoms with van der Waals surface area (Å²) in [5, 5.41) is 0. The van der Waals surface area contributed by atoms with Crippen molar-refractivity contribution in [1.82, 2.24) is 0 Å². The molecule has 0 spiro atoms. The quantitative estimate of drug-likeness (QED) is 0.475. The first-order valence-corrected chi connectivity index (χ1v) is 7.45. The highest BCUT2D eigenvalue weighted by atomic mass is 16.5. The Morgan fingerprint density at radius 2 is 1.91 bits per heavy atom. The number of para-hydroxylation sites is 1. The van der Waals surface area contributed by atoms with Gasteiger partial charge in [-0.1, -0.05) is 30.9 Å². The maximum Gasteiger partial charge on any atom is 0.335 e. The molecule has 2 atom stereocenters. The predicted molar refractivity (Wildman–Crippen MR) is 83.3 cm³/mol. The van der Waals surface area contributed by atoms with Crippen LogP contribution in [-0.4, -0.2) is 18.0 Å². The van der Waals surface area contributed by atoms with Gasteiger partial charge in [0, 0.05) is 12.2 Å². The average molecular weight is 300 g/mol. The zero-order chi connectivity index (χ0) is 15.8. The lowest BCUT2D eigenvalue weighted by Crippen LogP contribution is -2.24. The van der Waals surface area contributed by atoms with E-state index >= 15 is 0 Å². The Kier molecular flexibility index (Phi) is 5.95. The Hall–Kier alpha value is -2.36. The maximum atomic E-state index is 11.8. The van der Waals surface area contributed by atoms with Gasteiger partial charge in [0.2, 0.25) is 0 Å². The van der Waals surface area contributed by atoms with Gasteiger partial charge < -0.3 is 9.47 Å². The number of benzene rings is 1. The largest absolute Gasteiger partial charge is 0.459 e. The Bertz CT molecular complexity index is 547. The molecule has 1 aliphatic carbocycles. The summed E-state index contributed by atoms with van der Waals surface area (Å²) in [6, 6.07) is 8.95. The highest BCUT2D eigenvalue weighted by Gasteiger charge is 2.22. The van der Waals surface area contributed by atoms with Crippen molar-refractivity contribution in [2.45, 2.75) is 31.8 Å². The average Bonchev–Trinajstić information content (AvgIpc) is 2.54. The number of carbonyl (C=O) groups is 2. The molecule has 1 fully saturated rings. The summed E-state index contributed by atoms with van der Waals surface area (Å²) in [6.45, 7) is 3.39. The van der Waals surface area contributed by atoms with Crippen LogP contribution in [0.25, 0.3) is 0 Å². The molecule has 0 heterocycles. The van der Waals surface area contributed by atoms with Crippen molar-refractivity contribution in [3.8, 4) is 5.75 Å². The molecule has 116 valence electrons. The van der Waals surface area contributed by atoms with Crippen LogP contribution in [0.4, 0.5) is 0 Å². The molecule has 0 aromatic heterocycles. The number of hydrogen-bond acceptors (Lipinski definition) is 4. The fourth-order valence-corrected chi connectivity index (χ4v) is 2.53. The van der Waals surface area contributed by atoms with Gasteiger partial charge >= 0.3 is 11.9 Å². The van der Waals surface area contributed by atoms with Crippen molar-refractivity contribution < 1.29 is 19.1 Å². The lowest BCUT2D eigenvalue weighted by atomic mass is 9.87. The monoisotopic (exact) mass is 300 g/mol. The predicted octanol–water partition coefficient (Wildman–Crippen LogP) is 3.44. The first-order valence-electron chi connectivity index (χ1n) is 7.45. The third-order valence-electron chi connectivity index (χ3n) is 3.58. The molecular formula is C18H20O4. The zero-order valence-corrected chi connectivity index (χ0v) is 12.4. The highest BCUT2D eigenvalue weighted by Crippen LogP contribution is 2.27. The summed E-state index contributed by atoms with van der Waals surface area (Å²) in [5.41, 5.74) is 0. The van der Waals surface area contributed by atoms with Crippen LogP contribution < -0.4 is 4.74 Å². The van der Waals surface area contributed by atoms with Crippen LogP contribution in [0.2, 0.25) is 0 Å². The third kappa shape index (κ3) is 5.20. The van der Waals surface area contributed by atoms with E-state index in [2.05, 4.69) is 6.58 Å². The van der Waals surface area contributed by atoms with Crippen molar-refractivity contribution in [2.24, 2.45) is 5.92 Å². The Labute approximate surface area is 130 Å². The van der Waals surface area contributed by atoms with E-state index in [1.54, 1.807) is 12.1 Å². The fourth-order valence-electron chi connectivity index (χ4n) is 2.53. The molecule has 1 aromatic carbocycles. The molecule has 1 aromatic rings. The van der Waals surface area contributed by atoms with E-state index in [0.717, 1.165) is 25.7 Å². The molecule has 0 bridgehead atoms. The first-order chi connectivity index (χ1) is 10.7. The van der Waals surface area contributed by atoms with E-state index in [0.29, 0.717) is 5.75 Å². The van der Waals surface area contributed by atoms with Crippen molar-refractivity contribution in [3.63, 3.8) is 0 Å². The minimum Gasteiger partial charge on any atom is -0.459 e. The molecule has 2 unspecified atom stereocenters. The Morgan fingerprint density at radius 1 is 1.14 bits per heavy atom. The normalized spacial score (nSPS) is 21.3. The second-order valence-electron chi connectivity index (χ2n) is 5.28. The van der Waals surface area contributed by atoms with Gasteiger partial charge in [-0.2, -0.15) is 0 Å². The van der Waals surface area contributed by atoms with E-state index in [4.69, 9.17) is 9.47 Å². The van der Waals surface area contributed by atoms with Crippen LogP contribution in [-0.2, 0) is 14.3 Å². The molecule has 0 aliphatic heterocycles. The number of allylic oxidation sites excluding steroid dienone is 1. The summed E-state index contributed by atoms with van der Waals surface area (Å²) < 4.78 is 10.5. The molecular weight excluding hydrogens is 280 g/mol. The number of hydrogen-bond donors (Lipinski definition) is 0. The molecule has 0 radical (unpaired) electrons. The zero-order valence-electron chi connectivity index (χ0n) is 12.4. The van der Waals surface area contributed by atoms with Gasteiger partial charge in [0.1, 0.15) is 11.9 Å². The van der Waals surface area contributed by atoms with Gasteiger partial charge in [0.25, 0.3) is 0 Å². The number of rotatable bonds is 5. The summed E-state index contributed by atoms with van der Waals surface area (Å²) in [7, 11) is 0. The molecule has 0 N–H and O–H groups in total. The van der Waals surface area contributed by atoms with Crippen LogP contribution in [0, 0.1) is 5.92 Å². The van der Waals surface area contributed by atoms with Crippen LogP contribution in [0.1, 0.15) is 25.7 Å². The molecule has 0 amide bonds. The summed E-state index contributed by atoms with van der Waals surface area (Å²) in [4.78, 5) is 23.0. The van der Waals surface area contributed by atoms with E-state index in [1.165, 1.54) is 12.2 Å². The van der Waals surface area contributed by atoms with Crippen molar-refractivity contribution in [1.29, 1.82) is 0 Å². The van der Waals surface area contributed by atoms with Crippen LogP contribution >= 0.6 is 0 Å². The lowest BCUT2D eigenvalue weighted by Gasteiger charge is -2.26. The maximum absolute atomic E-state index is 11.8. The third-order valence-corrected chi connectivity index (χ3v) is 3.58. The molecule has 2 rings (SSSR count). The first kappa shape index (κ1) is 16.0. The van der Waals surface area contributed by atoms with Gasteiger partial charge in [-0.3, -0.25) is 0 Å². The van der Waals surface area contributed by atoms with Gasteiger partial charge in [0.05, 0.1) is 0 Å². The molecule has 1 aliphatic rings.